The molecule has 1 heterocycles. The fourth-order valence-corrected chi connectivity index (χ4v) is 2.21. The van der Waals surface area contributed by atoms with Crippen LogP contribution in [0.2, 0.25) is 0 Å². The van der Waals surface area contributed by atoms with E-state index in [1.807, 2.05) is 27.7 Å². The molecule has 15 heavy (non-hydrogen) atoms. The molecule has 0 radical (unpaired) electrons. The Balaban J connectivity index is 2.41. The minimum absolute atomic E-state index is 0.604. The maximum Gasteiger partial charge on any atom is 0.0900 e. The number of hydrogen-bond acceptors (Lipinski definition) is 4. The third kappa shape index (κ3) is 3.89. The second-order valence-corrected chi connectivity index (χ2v) is 5.48. The normalized spacial score (nSPS) is 15.3. The Kier molecular flexibility index (Phi) is 4.25. The van der Waals surface area contributed by atoms with Gasteiger partial charge in [0.15, 0.2) is 0 Å². The summed E-state index contributed by atoms with van der Waals surface area (Å²) < 4.78 is 0. The molecular weight excluding hydrogens is 208 g/mol. The Morgan fingerprint density at radius 2 is 2.13 bits per heavy atom. The predicted octanol–water partition coefficient (Wildman–Crippen LogP) is 2.01. The highest BCUT2D eigenvalue weighted by atomic mass is 32.1. The lowest BCUT2D eigenvalue weighted by Crippen LogP contribution is -2.36. The summed E-state index contributed by atoms with van der Waals surface area (Å²) in [5.41, 5.74) is 0.495. The average molecular weight is 228 g/mol. The van der Waals surface area contributed by atoms with Gasteiger partial charge in [-0.3, -0.25) is 0 Å². The summed E-state index contributed by atoms with van der Waals surface area (Å²) >= 11 is 1.72. The molecular formula is C11H20N2OS. The van der Waals surface area contributed by atoms with E-state index in [2.05, 4.69) is 10.3 Å². The zero-order valence-electron chi connectivity index (χ0n) is 9.92. The highest BCUT2D eigenvalue weighted by Gasteiger charge is 2.16. The van der Waals surface area contributed by atoms with Gasteiger partial charge in [0.1, 0.15) is 0 Å². The Morgan fingerprint density at radius 1 is 1.47 bits per heavy atom. The Labute approximate surface area is 95.6 Å². The number of nitrogens with zero attached hydrogens (tertiary/aromatic N) is 1. The lowest BCUT2D eigenvalue weighted by molar-refractivity contribution is 0.0556. The van der Waals surface area contributed by atoms with Gasteiger partial charge >= 0.3 is 0 Å². The summed E-state index contributed by atoms with van der Waals surface area (Å²) in [5, 5.41) is 14.2. The number of thiazole rings is 1. The third-order valence-electron chi connectivity index (χ3n) is 2.55. The molecule has 1 rings (SSSR count). The van der Waals surface area contributed by atoms with Crippen molar-refractivity contribution in [2.75, 3.05) is 6.54 Å². The minimum Gasteiger partial charge on any atom is -0.389 e. The van der Waals surface area contributed by atoms with Gasteiger partial charge in [-0.15, -0.1) is 11.3 Å². The van der Waals surface area contributed by atoms with Gasteiger partial charge in [0.25, 0.3) is 0 Å². The number of rotatable bonds is 5. The van der Waals surface area contributed by atoms with Crippen LogP contribution in [-0.4, -0.2) is 22.2 Å². The summed E-state index contributed by atoms with van der Waals surface area (Å²) in [7, 11) is 0. The first-order valence-corrected chi connectivity index (χ1v) is 6.12. The van der Waals surface area contributed by atoms with Crippen LogP contribution >= 0.6 is 11.3 Å². The molecule has 1 atom stereocenters. The Hall–Kier alpha value is -0.450. The predicted molar refractivity (Wildman–Crippen MR) is 64.2 cm³/mol. The van der Waals surface area contributed by atoms with Crippen LogP contribution in [-0.2, 0) is 6.54 Å². The number of aryl methyl sites for hydroxylation is 2. The molecule has 0 spiro atoms. The highest BCUT2D eigenvalue weighted by molar-refractivity contribution is 7.11. The van der Waals surface area contributed by atoms with Crippen molar-refractivity contribution in [2.45, 2.75) is 46.3 Å². The van der Waals surface area contributed by atoms with Gasteiger partial charge in [0.05, 0.1) is 16.3 Å². The van der Waals surface area contributed by atoms with E-state index in [1.165, 1.54) is 4.88 Å². The van der Waals surface area contributed by atoms with E-state index in [9.17, 15) is 5.11 Å². The van der Waals surface area contributed by atoms with E-state index in [4.69, 9.17) is 0 Å². The molecule has 2 N–H and O–H groups in total. The first kappa shape index (κ1) is 12.6. The fourth-order valence-electron chi connectivity index (χ4n) is 1.31. The molecule has 4 heteroatoms. The Bertz CT molecular complexity index is 320. The van der Waals surface area contributed by atoms with E-state index in [-0.39, 0.29) is 0 Å². The Morgan fingerprint density at radius 3 is 2.60 bits per heavy atom. The summed E-state index contributed by atoms with van der Waals surface area (Å²) in [6.07, 6.45) is 0.765. The minimum atomic E-state index is -0.604. The second-order valence-electron chi connectivity index (χ2n) is 4.20. The number of hydrogen-bond donors (Lipinski definition) is 2. The van der Waals surface area contributed by atoms with Crippen molar-refractivity contribution < 1.29 is 5.11 Å². The molecule has 1 aromatic heterocycles. The van der Waals surface area contributed by atoms with Gasteiger partial charge in [-0.05, 0) is 27.2 Å². The van der Waals surface area contributed by atoms with Crippen LogP contribution in [0.1, 0.15) is 35.8 Å². The van der Waals surface area contributed by atoms with E-state index >= 15 is 0 Å². The molecule has 0 aliphatic heterocycles. The van der Waals surface area contributed by atoms with Crippen molar-refractivity contribution in [1.29, 1.82) is 0 Å². The van der Waals surface area contributed by atoms with Crippen molar-refractivity contribution in [3.05, 3.63) is 15.6 Å². The van der Waals surface area contributed by atoms with Crippen molar-refractivity contribution in [3.63, 3.8) is 0 Å². The SMILES string of the molecule is CCC(C)(O)CNCc1sc(C)nc1C. The van der Waals surface area contributed by atoms with Gasteiger partial charge < -0.3 is 10.4 Å². The first-order valence-electron chi connectivity index (χ1n) is 5.30. The van der Waals surface area contributed by atoms with Gasteiger partial charge in [-0.1, -0.05) is 6.92 Å². The van der Waals surface area contributed by atoms with Crippen molar-refractivity contribution >= 4 is 11.3 Å². The topological polar surface area (TPSA) is 45.1 Å². The largest absolute Gasteiger partial charge is 0.389 e. The molecule has 0 saturated carbocycles. The summed E-state index contributed by atoms with van der Waals surface area (Å²) in [5.74, 6) is 0. The fraction of sp³-hybridized carbons (Fsp3) is 0.727. The zero-order chi connectivity index (χ0) is 11.5. The molecule has 0 aliphatic carbocycles. The summed E-state index contributed by atoms with van der Waals surface area (Å²) in [4.78, 5) is 5.63. The molecule has 0 aliphatic rings. The van der Waals surface area contributed by atoms with Crippen LogP contribution in [0.4, 0.5) is 0 Å². The zero-order valence-corrected chi connectivity index (χ0v) is 10.7. The van der Waals surface area contributed by atoms with E-state index in [0.29, 0.717) is 6.54 Å². The summed E-state index contributed by atoms with van der Waals surface area (Å²) in [6.45, 7) is 9.31. The smallest absolute Gasteiger partial charge is 0.0900 e. The van der Waals surface area contributed by atoms with Crippen molar-refractivity contribution in [3.8, 4) is 0 Å². The highest BCUT2D eigenvalue weighted by Crippen LogP contribution is 2.17. The third-order valence-corrected chi connectivity index (χ3v) is 3.63. The van der Waals surface area contributed by atoms with Gasteiger partial charge in [0.2, 0.25) is 0 Å². The van der Waals surface area contributed by atoms with Gasteiger partial charge in [-0.2, -0.15) is 0 Å². The molecule has 3 nitrogen and oxygen atoms in total. The number of aromatic nitrogens is 1. The molecule has 1 aromatic rings. The van der Waals surface area contributed by atoms with E-state index in [0.717, 1.165) is 23.7 Å². The van der Waals surface area contributed by atoms with Crippen LogP contribution in [0, 0.1) is 13.8 Å². The summed E-state index contributed by atoms with van der Waals surface area (Å²) in [6, 6.07) is 0. The van der Waals surface area contributed by atoms with Gasteiger partial charge in [-0.25, -0.2) is 4.98 Å². The van der Waals surface area contributed by atoms with Gasteiger partial charge in [0, 0.05) is 18.0 Å². The van der Waals surface area contributed by atoms with E-state index < -0.39 is 5.60 Å². The molecule has 0 bridgehead atoms. The van der Waals surface area contributed by atoms with Crippen LogP contribution in [0.15, 0.2) is 0 Å². The van der Waals surface area contributed by atoms with E-state index in [1.54, 1.807) is 11.3 Å². The van der Waals surface area contributed by atoms with Crippen LogP contribution < -0.4 is 5.32 Å². The monoisotopic (exact) mass is 228 g/mol. The molecule has 1 unspecified atom stereocenters. The maximum absolute atomic E-state index is 9.80. The molecule has 86 valence electrons. The molecule has 0 aromatic carbocycles. The molecule has 0 fully saturated rings. The first-order chi connectivity index (χ1) is 6.94. The van der Waals surface area contributed by atoms with Crippen molar-refractivity contribution in [1.82, 2.24) is 10.3 Å². The lowest BCUT2D eigenvalue weighted by Gasteiger charge is -2.21. The second kappa shape index (κ2) is 5.05. The standard InChI is InChI=1S/C11H20N2OS/c1-5-11(4,14)7-12-6-10-8(2)13-9(3)15-10/h12,14H,5-7H2,1-4H3. The number of aliphatic hydroxyl groups is 1. The molecule has 0 amide bonds. The number of nitrogens with one attached hydrogen (secondary N) is 1. The quantitative estimate of drug-likeness (QED) is 0.810. The van der Waals surface area contributed by atoms with Crippen molar-refractivity contribution in [2.24, 2.45) is 0 Å². The van der Waals surface area contributed by atoms with Crippen LogP contribution in [0.5, 0.6) is 0 Å². The van der Waals surface area contributed by atoms with Crippen LogP contribution in [0.25, 0.3) is 0 Å². The molecule has 0 saturated heterocycles. The lowest BCUT2D eigenvalue weighted by atomic mass is 10.0. The average Bonchev–Trinajstić information content (AvgIpc) is 2.45. The van der Waals surface area contributed by atoms with Crippen LogP contribution in [0.3, 0.4) is 0 Å². The maximum atomic E-state index is 9.80.